The number of amides is 1. The molecule has 4 rings (SSSR count). The van der Waals surface area contributed by atoms with Crippen LogP contribution in [0.3, 0.4) is 0 Å². The number of ether oxygens (including phenoxy) is 1. The molecule has 0 radical (unpaired) electrons. The maximum Gasteiger partial charge on any atom is 0.290 e. The summed E-state index contributed by atoms with van der Waals surface area (Å²) in [4.78, 5) is 19.4. The first kappa shape index (κ1) is 18.7. The Hall–Kier alpha value is -2.66. The SMILES string of the molecule is Cc1ccc2c(C)c(C(=O)N(Cc3ccncc3)C[C@@H]3CCCO3)oc2c1C. The van der Waals surface area contributed by atoms with Gasteiger partial charge in [0.15, 0.2) is 5.76 Å². The highest BCUT2D eigenvalue weighted by Gasteiger charge is 2.28. The maximum atomic E-state index is 13.5. The van der Waals surface area contributed by atoms with E-state index >= 15 is 0 Å². The van der Waals surface area contributed by atoms with Crippen molar-refractivity contribution in [3.05, 3.63) is 64.7 Å². The number of nitrogens with zero attached hydrogens (tertiary/aromatic N) is 2. The van der Waals surface area contributed by atoms with Crippen molar-refractivity contribution in [1.29, 1.82) is 0 Å². The molecule has 1 aliphatic rings. The summed E-state index contributed by atoms with van der Waals surface area (Å²) in [6.07, 6.45) is 5.62. The van der Waals surface area contributed by atoms with Gasteiger partial charge in [0.1, 0.15) is 5.58 Å². The van der Waals surface area contributed by atoms with Crippen LogP contribution in [0.5, 0.6) is 0 Å². The lowest BCUT2D eigenvalue weighted by Gasteiger charge is -2.25. The zero-order chi connectivity index (χ0) is 19.7. The van der Waals surface area contributed by atoms with Crippen molar-refractivity contribution in [2.75, 3.05) is 13.2 Å². The average Bonchev–Trinajstić information content (AvgIpc) is 3.33. The van der Waals surface area contributed by atoms with Crippen molar-refractivity contribution < 1.29 is 13.9 Å². The van der Waals surface area contributed by atoms with Gasteiger partial charge in [0.25, 0.3) is 5.91 Å². The molecule has 3 heterocycles. The van der Waals surface area contributed by atoms with Gasteiger partial charge in [-0.3, -0.25) is 9.78 Å². The molecule has 0 spiro atoms. The van der Waals surface area contributed by atoms with Crippen LogP contribution < -0.4 is 0 Å². The van der Waals surface area contributed by atoms with E-state index in [1.165, 1.54) is 0 Å². The summed E-state index contributed by atoms with van der Waals surface area (Å²) >= 11 is 0. The number of hydrogen-bond acceptors (Lipinski definition) is 4. The molecule has 1 amide bonds. The molecule has 3 aromatic rings. The first-order valence-electron chi connectivity index (χ1n) is 9.83. The van der Waals surface area contributed by atoms with Gasteiger partial charge < -0.3 is 14.1 Å². The Morgan fingerprint density at radius 3 is 2.64 bits per heavy atom. The van der Waals surface area contributed by atoms with Crippen LogP contribution in [0.15, 0.2) is 41.1 Å². The Kier molecular flexibility index (Phi) is 5.18. The monoisotopic (exact) mass is 378 g/mol. The quantitative estimate of drug-likeness (QED) is 0.652. The third kappa shape index (κ3) is 3.54. The number of aryl methyl sites for hydroxylation is 3. The fourth-order valence-corrected chi connectivity index (χ4v) is 3.83. The van der Waals surface area contributed by atoms with Crippen molar-refractivity contribution in [3.63, 3.8) is 0 Å². The van der Waals surface area contributed by atoms with Crippen molar-refractivity contribution in [1.82, 2.24) is 9.88 Å². The van der Waals surface area contributed by atoms with E-state index in [0.29, 0.717) is 18.8 Å². The lowest BCUT2D eigenvalue weighted by Crippen LogP contribution is -2.37. The molecule has 1 aliphatic heterocycles. The van der Waals surface area contributed by atoms with Gasteiger partial charge in [0.05, 0.1) is 6.10 Å². The third-order valence-corrected chi connectivity index (χ3v) is 5.68. The zero-order valence-corrected chi connectivity index (χ0v) is 16.7. The molecule has 28 heavy (non-hydrogen) atoms. The number of furan rings is 1. The second kappa shape index (κ2) is 7.76. The zero-order valence-electron chi connectivity index (χ0n) is 16.7. The van der Waals surface area contributed by atoms with E-state index in [1.807, 2.05) is 36.9 Å². The molecule has 2 aromatic heterocycles. The van der Waals surface area contributed by atoms with E-state index < -0.39 is 0 Å². The molecular weight excluding hydrogens is 352 g/mol. The van der Waals surface area contributed by atoms with E-state index in [4.69, 9.17) is 9.15 Å². The lowest BCUT2D eigenvalue weighted by molar-refractivity contribution is 0.0485. The van der Waals surface area contributed by atoms with Gasteiger partial charge in [-0.05, 0) is 62.4 Å². The number of pyridine rings is 1. The van der Waals surface area contributed by atoms with Crippen LogP contribution in [0.2, 0.25) is 0 Å². The Morgan fingerprint density at radius 1 is 1.14 bits per heavy atom. The number of carbonyl (C=O) groups excluding carboxylic acids is 1. The number of fused-ring (bicyclic) bond motifs is 1. The second-order valence-corrected chi connectivity index (χ2v) is 7.62. The van der Waals surface area contributed by atoms with Crippen LogP contribution >= 0.6 is 0 Å². The first-order valence-corrected chi connectivity index (χ1v) is 9.83. The summed E-state index contributed by atoms with van der Waals surface area (Å²) in [5, 5.41) is 1.01. The van der Waals surface area contributed by atoms with Gasteiger partial charge in [-0.25, -0.2) is 0 Å². The first-order chi connectivity index (χ1) is 13.5. The third-order valence-electron chi connectivity index (χ3n) is 5.68. The fraction of sp³-hybridized carbons (Fsp3) is 0.391. The van der Waals surface area contributed by atoms with Crippen molar-refractivity contribution in [3.8, 4) is 0 Å². The summed E-state index contributed by atoms with van der Waals surface area (Å²) in [5.41, 5.74) is 4.99. The van der Waals surface area contributed by atoms with E-state index in [-0.39, 0.29) is 12.0 Å². The van der Waals surface area contributed by atoms with Crippen molar-refractivity contribution in [2.24, 2.45) is 0 Å². The molecule has 0 N–H and O–H groups in total. The molecule has 1 atom stereocenters. The molecule has 0 bridgehead atoms. The van der Waals surface area contributed by atoms with Gasteiger partial charge in [-0.2, -0.15) is 0 Å². The van der Waals surface area contributed by atoms with Crippen LogP contribution in [0.1, 0.15) is 45.7 Å². The van der Waals surface area contributed by atoms with E-state index in [2.05, 4.69) is 18.0 Å². The topological polar surface area (TPSA) is 55.6 Å². The van der Waals surface area contributed by atoms with Crippen LogP contribution in [-0.4, -0.2) is 35.0 Å². The minimum absolute atomic E-state index is 0.0828. The molecular formula is C23H26N2O3. The van der Waals surface area contributed by atoms with Crippen molar-refractivity contribution >= 4 is 16.9 Å². The summed E-state index contributed by atoms with van der Waals surface area (Å²) in [7, 11) is 0. The normalized spacial score (nSPS) is 16.6. The number of aromatic nitrogens is 1. The standard InChI is InChI=1S/C23H26N2O3/c1-15-6-7-20-17(3)22(28-21(20)16(15)2)23(26)25(14-19-5-4-12-27-19)13-18-8-10-24-11-9-18/h6-11,19H,4-5,12-14H2,1-3H3/t19-/m0/s1. The van der Waals surface area contributed by atoms with Crippen molar-refractivity contribution in [2.45, 2.75) is 46.3 Å². The Morgan fingerprint density at radius 2 is 1.93 bits per heavy atom. The average molecular weight is 378 g/mol. The van der Waals surface area contributed by atoms with Gasteiger partial charge >= 0.3 is 0 Å². The molecule has 146 valence electrons. The Bertz CT molecular complexity index is 988. The van der Waals surface area contributed by atoms with Crippen LogP contribution in [0.25, 0.3) is 11.0 Å². The van der Waals surface area contributed by atoms with Gasteiger partial charge in [0.2, 0.25) is 0 Å². The molecule has 5 nitrogen and oxygen atoms in total. The number of rotatable bonds is 5. The molecule has 1 fully saturated rings. The highest BCUT2D eigenvalue weighted by molar-refractivity contribution is 5.99. The van der Waals surface area contributed by atoms with Crippen LogP contribution in [0, 0.1) is 20.8 Å². The molecule has 0 aliphatic carbocycles. The van der Waals surface area contributed by atoms with E-state index in [0.717, 1.165) is 52.7 Å². The van der Waals surface area contributed by atoms with Crippen LogP contribution in [-0.2, 0) is 11.3 Å². The highest BCUT2D eigenvalue weighted by atomic mass is 16.5. The summed E-state index contributed by atoms with van der Waals surface area (Å²) in [5.74, 6) is 0.341. The predicted molar refractivity (Wildman–Crippen MR) is 108 cm³/mol. The molecule has 0 unspecified atom stereocenters. The minimum Gasteiger partial charge on any atom is -0.450 e. The van der Waals surface area contributed by atoms with Gasteiger partial charge in [-0.15, -0.1) is 0 Å². The van der Waals surface area contributed by atoms with Crippen LogP contribution in [0.4, 0.5) is 0 Å². The fourth-order valence-electron chi connectivity index (χ4n) is 3.83. The smallest absolute Gasteiger partial charge is 0.290 e. The summed E-state index contributed by atoms with van der Waals surface area (Å²) < 4.78 is 11.9. The molecule has 5 heteroatoms. The summed E-state index contributed by atoms with van der Waals surface area (Å²) in [6, 6.07) is 8.00. The van der Waals surface area contributed by atoms with E-state index in [9.17, 15) is 4.79 Å². The van der Waals surface area contributed by atoms with Gasteiger partial charge in [-0.1, -0.05) is 12.1 Å². The van der Waals surface area contributed by atoms with Gasteiger partial charge in [0, 0.05) is 43.0 Å². The Balaban J connectivity index is 1.69. The number of carbonyl (C=O) groups is 1. The predicted octanol–water partition coefficient (Wildman–Crippen LogP) is 4.57. The maximum absolute atomic E-state index is 13.5. The largest absolute Gasteiger partial charge is 0.450 e. The molecule has 1 saturated heterocycles. The Labute approximate surface area is 165 Å². The molecule has 1 aromatic carbocycles. The highest BCUT2D eigenvalue weighted by Crippen LogP contribution is 2.31. The van der Waals surface area contributed by atoms with E-state index in [1.54, 1.807) is 12.4 Å². The number of benzene rings is 1. The molecule has 0 saturated carbocycles. The minimum atomic E-state index is -0.0851. The summed E-state index contributed by atoms with van der Waals surface area (Å²) in [6.45, 7) is 7.90. The lowest BCUT2D eigenvalue weighted by atomic mass is 10.0. The second-order valence-electron chi connectivity index (χ2n) is 7.62. The number of hydrogen-bond donors (Lipinski definition) is 0.